The molecule has 2 fully saturated rings. The Morgan fingerprint density at radius 3 is 2.31 bits per heavy atom. The summed E-state index contributed by atoms with van der Waals surface area (Å²) < 4.78 is 32.2. The van der Waals surface area contributed by atoms with Gasteiger partial charge in [0.15, 0.2) is 0 Å². The molecule has 160 valence electrons. The van der Waals surface area contributed by atoms with Gasteiger partial charge < -0.3 is 9.64 Å². The van der Waals surface area contributed by atoms with Crippen LogP contribution in [0.25, 0.3) is 0 Å². The molecule has 3 rings (SSSR count). The Kier molecular flexibility index (Phi) is 6.95. The highest BCUT2D eigenvalue weighted by atomic mass is 32.2. The quantitative estimate of drug-likeness (QED) is 0.679. The number of nitrogens with zero attached hydrogens (tertiary/aromatic N) is 2. The van der Waals surface area contributed by atoms with E-state index in [0.29, 0.717) is 50.5 Å². The summed E-state index contributed by atoms with van der Waals surface area (Å²) in [5.41, 5.74) is 1.01. The Labute approximate surface area is 173 Å². The van der Waals surface area contributed by atoms with Gasteiger partial charge in [-0.2, -0.15) is 4.31 Å². The van der Waals surface area contributed by atoms with Crippen LogP contribution in [0.15, 0.2) is 29.2 Å². The monoisotopic (exact) mass is 422 g/mol. The summed E-state index contributed by atoms with van der Waals surface area (Å²) in [7, 11) is -3.53. The number of amides is 1. The van der Waals surface area contributed by atoms with Crippen molar-refractivity contribution in [3.63, 3.8) is 0 Å². The van der Waals surface area contributed by atoms with Crippen molar-refractivity contribution in [2.75, 3.05) is 32.8 Å². The Bertz CT molecular complexity index is 829. The van der Waals surface area contributed by atoms with Crippen LogP contribution in [0.3, 0.4) is 0 Å². The fourth-order valence-corrected chi connectivity index (χ4v) is 5.56. The van der Waals surface area contributed by atoms with Gasteiger partial charge in [-0.1, -0.05) is 17.7 Å². The van der Waals surface area contributed by atoms with E-state index in [9.17, 15) is 18.0 Å². The first kappa shape index (κ1) is 21.8. The SMILES string of the molecule is CCOC(=O)C1CCCN(C(=O)C2CCN(S(=O)(=O)c3ccc(C)cc3)CC2)C1. The van der Waals surface area contributed by atoms with Gasteiger partial charge in [0.1, 0.15) is 0 Å². The molecule has 1 amide bonds. The summed E-state index contributed by atoms with van der Waals surface area (Å²) in [6, 6.07) is 6.84. The van der Waals surface area contributed by atoms with Crippen molar-refractivity contribution in [2.24, 2.45) is 11.8 Å². The molecule has 1 aromatic carbocycles. The van der Waals surface area contributed by atoms with E-state index in [0.717, 1.165) is 18.4 Å². The van der Waals surface area contributed by atoms with Crippen molar-refractivity contribution in [3.05, 3.63) is 29.8 Å². The van der Waals surface area contributed by atoms with Gasteiger partial charge in [-0.3, -0.25) is 9.59 Å². The number of carbonyl (C=O) groups is 2. The molecule has 1 unspecified atom stereocenters. The van der Waals surface area contributed by atoms with Crippen molar-refractivity contribution in [1.82, 2.24) is 9.21 Å². The lowest BCUT2D eigenvalue weighted by atomic mass is 9.93. The number of hydrogen-bond acceptors (Lipinski definition) is 5. The molecule has 7 nitrogen and oxygen atoms in total. The number of ether oxygens (including phenoxy) is 1. The number of piperidine rings is 2. The largest absolute Gasteiger partial charge is 0.466 e. The molecule has 1 aromatic rings. The first-order chi connectivity index (χ1) is 13.8. The topological polar surface area (TPSA) is 84.0 Å². The van der Waals surface area contributed by atoms with Crippen molar-refractivity contribution < 1.29 is 22.7 Å². The van der Waals surface area contributed by atoms with E-state index in [4.69, 9.17) is 4.74 Å². The van der Waals surface area contributed by atoms with Crippen LogP contribution < -0.4 is 0 Å². The van der Waals surface area contributed by atoms with Crippen LogP contribution in [0, 0.1) is 18.8 Å². The summed E-state index contributed by atoms with van der Waals surface area (Å²) >= 11 is 0. The fourth-order valence-electron chi connectivity index (χ4n) is 4.09. The van der Waals surface area contributed by atoms with Crippen molar-refractivity contribution >= 4 is 21.9 Å². The number of carbonyl (C=O) groups excluding carboxylic acids is 2. The van der Waals surface area contributed by atoms with E-state index >= 15 is 0 Å². The number of aryl methyl sites for hydroxylation is 1. The standard InChI is InChI=1S/C21H30N2O5S/c1-3-28-21(25)18-5-4-12-22(15-18)20(24)17-10-13-23(14-11-17)29(26,27)19-8-6-16(2)7-9-19/h6-9,17-18H,3-5,10-15H2,1-2H3. The number of benzene rings is 1. The third-order valence-electron chi connectivity index (χ3n) is 5.81. The molecule has 0 aromatic heterocycles. The van der Waals surface area contributed by atoms with Crippen molar-refractivity contribution in [3.8, 4) is 0 Å². The molecule has 0 N–H and O–H groups in total. The predicted octanol–water partition coefficient (Wildman–Crippen LogP) is 2.20. The van der Waals surface area contributed by atoms with E-state index < -0.39 is 10.0 Å². The molecule has 0 spiro atoms. The van der Waals surface area contributed by atoms with E-state index in [1.807, 2.05) is 6.92 Å². The van der Waals surface area contributed by atoms with Crippen molar-refractivity contribution in [1.29, 1.82) is 0 Å². The summed E-state index contributed by atoms with van der Waals surface area (Å²) in [6.07, 6.45) is 2.54. The van der Waals surface area contributed by atoms with Crippen LogP contribution in [0.2, 0.25) is 0 Å². The second kappa shape index (κ2) is 9.26. The third-order valence-corrected chi connectivity index (χ3v) is 7.73. The van der Waals surface area contributed by atoms with Gasteiger partial charge in [0, 0.05) is 32.1 Å². The molecule has 8 heteroatoms. The second-order valence-electron chi connectivity index (χ2n) is 7.87. The Hall–Kier alpha value is -1.93. The highest BCUT2D eigenvalue weighted by Gasteiger charge is 2.36. The van der Waals surface area contributed by atoms with Crippen LogP contribution in [-0.4, -0.2) is 62.3 Å². The van der Waals surface area contributed by atoms with E-state index in [2.05, 4.69) is 0 Å². The highest BCUT2D eigenvalue weighted by molar-refractivity contribution is 7.89. The van der Waals surface area contributed by atoms with E-state index in [-0.39, 0.29) is 23.7 Å². The van der Waals surface area contributed by atoms with Gasteiger partial charge in [-0.15, -0.1) is 0 Å². The minimum atomic E-state index is -3.53. The number of rotatable bonds is 5. The predicted molar refractivity (Wildman–Crippen MR) is 109 cm³/mol. The minimum absolute atomic E-state index is 0.0337. The Morgan fingerprint density at radius 1 is 1.03 bits per heavy atom. The van der Waals surface area contributed by atoms with Crippen molar-refractivity contribution in [2.45, 2.75) is 44.4 Å². The Morgan fingerprint density at radius 2 is 1.69 bits per heavy atom. The maximum Gasteiger partial charge on any atom is 0.310 e. The maximum absolute atomic E-state index is 12.9. The van der Waals surface area contributed by atoms with E-state index in [1.54, 1.807) is 36.1 Å². The molecule has 0 aliphatic carbocycles. The zero-order chi connectivity index (χ0) is 21.0. The van der Waals surface area contributed by atoms with Gasteiger partial charge in [-0.05, 0) is 51.7 Å². The first-order valence-electron chi connectivity index (χ1n) is 10.3. The average molecular weight is 423 g/mol. The van der Waals surface area contributed by atoms with Gasteiger partial charge >= 0.3 is 5.97 Å². The molecule has 2 aliphatic rings. The van der Waals surface area contributed by atoms with Crippen LogP contribution in [0.1, 0.15) is 38.2 Å². The number of hydrogen-bond donors (Lipinski definition) is 0. The molecule has 1 atom stereocenters. The zero-order valence-corrected chi connectivity index (χ0v) is 18.0. The molecule has 0 saturated carbocycles. The summed E-state index contributed by atoms with van der Waals surface area (Å²) in [4.78, 5) is 27.0. The van der Waals surface area contributed by atoms with E-state index in [1.165, 1.54) is 4.31 Å². The normalized spacial score (nSPS) is 21.7. The Balaban J connectivity index is 1.58. The highest BCUT2D eigenvalue weighted by Crippen LogP contribution is 2.27. The summed E-state index contributed by atoms with van der Waals surface area (Å²) in [6.45, 7) is 5.76. The lowest BCUT2D eigenvalue weighted by Crippen LogP contribution is -2.48. The van der Waals surface area contributed by atoms with Gasteiger partial charge in [-0.25, -0.2) is 8.42 Å². The van der Waals surface area contributed by atoms with Crippen LogP contribution >= 0.6 is 0 Å². The number of sulfonamides is 1. The fraction of sp³-hybridized carbons (Fsp3) is 0.619. The molecule has 2 heterocycles. The lowest BCUT2D eigenvalue weighted by molar-refractivity contribution is -0.152. The summed E-state index contributed by atoms with van der Waals surface area (Å²) in [5.74, 6) is -0.648. The molecular formula is C21H30N2O5S. The van der Waals surface area contributed by atoms with Crippen LogP contribution in [0.5, 0.6) is 0 Å². The average Bonchev–Trinajstić information content (AvgIpc) is 2.74. The summed E-state index contributed by atoms with van der Waals surface area (Å²) in [5, 5.41) is 0. The third kappa shape index (κ3) is 4.98. The maximum atomic E-state index is 12.9. The molecule has 2 saturated heterocycles. The van der Waals surface area contributed by atoms with Crippen LogP contribution in [-0.2, 0) is 24.3 Å². The molecule has 2 aliphatic heterocycles. The molecule has 0 radical (unpaired) electrons. The second-order valence-corrected chi connectivity index (χ2v) is 9.80. The van der Waals surface area contributed by atoms with Gasteiger partial charge in [0.25, 0.3) is 0 Å². The molecule has 0 bridgehead atoms. The number of esters is 1. The zero-order valence-electron chi connectivity index (χ0n) is 17.2. The minimum Gasteiger partial charge on any atom is -0.466 e. The molecule has 29 heavy (non-hydrogen) atoms. The van der Waals surface area contributed by atoms with Crippen LogP contribution in [0.4, 0.5) is 0 Å². The van der Waals surface area contributed by atoms with Gasteiger partial charge in [0.2, 0.25) is 15.9 Å². The molecular weight excluding hydrogens is 392 g/mol. The number of likely N-dealkylation sites (tertiary alicyclic amines) is 1. The smallest absolute Gasteiger partial charge is 0.310 e. The van der Waals surface area contributed by atoms with Gasteiger partial charge in [0.05, 0.1) is 17.4 Å². The first-order valence-corrected chi connectivity index (χ1v) is 11.8. The lowest BCUT2D eigenvalue weighted by Gasteiger charge is -2.36.